The zero-order valence-corrected chi connectivity index (χ0v) is 3.15. The van der Waals surface area contributed by atoms with Gasteiger partial charge in [0.15, 0.2) is 0 Å². The van der Waals surface area contributed by atoms with Crippen molar-refractivity contribution in [1.82, 2.24) is 0 Å². The van der Waals surface area contributed by atoms with Gasteiger partial charge in [0.05, 0.1) is 0 Å². The molecule has 0 atom stereocenters. The van der Waals surface area contributed by atoms with Crippen LogP contribution in [0.3, 0.4) is 0 Å². The number of rotatable bonds is 3. The first-order chi connectivity index (χ1) is 2.91. The van der Waals surface area contributed by atoms with Crippen molar-refractivity contribution in [2.24, 2.45) is 0 Å². The summed E-state index contributed by atoms with van der Waals surface area (Å²) >= 11 is 0. The monoisotopic (exact) mass is 74.1 g/mol. The molecule has 0 heterocycles. The van der Waals surface area contributed by atoms with Crippen LogP contribution < -0.4 is 0 Å². The molecule has 0 fully saturated rings. The predicted molar refractivity (Wildman–Crippen MR) is 21.7 cm³/mol. The van der Waals surface area contributed by atoms with Crippen molar-refractivity contribution in [3.63, 3.8) is 0 Å². The van der Waals surface area contributed by atoms with E-state index in [1.807, 2.05) is 0 Å². The molecule has 0 rings (SSSR count). The highest BCUT2D eigenvalue weighted by molar-refractivity contribution is 4.34. The lowest BCUT2D eigenvalue weighted by Crippen LogP contribution is -1.75. The average molecular weight is 74.1 g/mol. The quantitative estimate of drug-likeness (QED) is 0.486. The Bertz CT molecular complexity index is 19.5. The Kier molecular flexibility index (Phi) is 2.50. The molecule has 31 valence electrons. The van der Waals surface area contributed by atoms with E-state index in [1.165, 1.54) is 6.90 Å². The van der Waals surface area contributed by atoms with Gasteiger partial charge in [-0.3, -0.25) is 0 Å². The molecule has 0 aliphatic carbocycles. The Morgan fingerprint density at radius 3 is 3.00 bits per heavy atom. The van der Waals surface area contributed by atoms with Gasteiger partial charge in [0.25, 0.3) is 0 Å². The third-order valence-corrected chi connectivity index (χ3v) is 0.362. The van der Waals surface area contributed by atoms with Crippen molar-refractivity contribution < 1.29 is 6.48 Å². The highest BCUT2D eigenvalue weighted by atomic mass is 16.2. The van der Waals surface area contributed by atoms with Gasteiger partial charge >= 0.3 is 0 Å². The van der Waals surface area contributed by atoms with E-state index in [9.17, 15) is 0 Å². The zero-order chi connectivity index (χ0) is 4.83. The number of aliphatic hydroxyl groups excluding tert-OH is 1. The predicted octanol–water partition coefficient (Wildman–Crippen LogP) is 0.593. The topological polar surface area (TPSA) is 20.2 Å². The maximum atomic E-state index is 8.09. The normalized spacial score (nSPS) is 11.0. The standard InChI is InChI=1S/C4H9O/c1-2-3-4-5/h5H,1-4H2/i1D. The second kappa shape index (κ2) is 3.96. The molecule has 0 aromatic carbocycles. The smallest absolute Gasteiger partial charge is 0.0431 e. The Labute approximate surface area is 34.0 Å². The lowest BCUT2D eigenvalue weighted by molar-refractivity contribution is 0.289. The van der Waals surface area contributed by atoms with Crippen molar-refractivity contribution in [3.8, 4) is 0 Å². The maximum absolute atomic E-state index is 8.09. The van der Waals surface area contributed by atoms with Gasteiger partial charge in [0, 0.05) is 7.98 Å². The molecule has 1 nitrogen and oxygen atoms in total. The first kappa shape index (κ1) is 3.16. The van der Waals surface area contributed by atoms with Gasteiger partial charge in [-0.15, -0.1) is 0 Å². The molecule has 0 bridgehead atoms. The summed E-state index contributed by atoms with van der Waals surface area (Å²) in [6, 6.07) is 0. The minimum absolute atomic E-state index is 0.204. The van der Waals surface area contributed by atoms with Gasteiger partial charge in [-0.25, -0.2) is 0 Å². The van der Waals surface area contributed by atoms with Crippen LogP contribution in [0.5, 0.6) is 0 Å². The molecular formula is C4H9O. The van der Waals surface area contributed by atoms with Gasteiger partial charge in [0.1, 0.15) is 0 Å². The number of hydrogen-bond donors (Lipinski definition) is 1. The van der Waals surface area contributed by atoms with Crippen LogP contribution in [-0.2, 0) is 0 Å². The lowest BCUT2D eigenvalue weighted by Gasteiger charge is -1.79. The first-order valence-electron chi connectivity index (χ1n) is 2.30. The highest BCUT2D eigenvalue weighted by Crippen LogP contribution is 1.78. The number of aliphatic hydroxyl groups is 1. The zero-order valence-electron chi connectivity index (χ0n) is 4.15. The molecule has 0 aromatic heterocycles. The third kappa shape index (κ3) is 3.96. The Morgan fingerprint density at radius 2 is 2.80 bits per heavy atom. The molecule has 5 heavy (non-hydrogen) atoms. The molecule has 1 heteroatoms. The summed E-state index contributed by atoms with van der Waals surface area (Å²) in [6.45, 7) is 1.51. The molecule has 0 aliphatic rings. The summed E-state index contributed by atoms with van der Waals surface area (Å²) in [7, 11) is 0. The van der Waals surface area contributed by atoms with E-state index in [-0.39, 0.29) is 6.61 Å². The average Bonchev–Trinajstić information content (AvgIpc) is 1.61. The molecule has 0 unspecified atom stereocenters. The van der Waals surface area contributed by atoms with Crippen LogP contribution in [0.15, 0.2) is 0 Å². The number of unbranched alkanes of at least 4 members (excludes halogenated alkanes) is 1. The minimum atomic E-state index is 0.204. The van der Waals surface area contributed by atoms with Crippen LogP contribution in [0.25, 0.3) is 0 Å². The van der Waals surface area contributed by atoms with Crippen LogP contribution in [-0.4, -0.2) is 11.7 Å². The summed E-state index contributed by atoms with van der Waals surface area (Å²) in [5, 5.41) is 8.09. The van der Waals surface area contributed by atoms with E-state index in [0.29, 0.717) is 6.42 Å². The van der Waals surface area contributed by atoms with Crippen molar-refractivity contribution in [1.29, 1.82) is 0 Å². The molecule has 0 amide bonds. The summed E-state index contributed by atoms with van der Waals surface area (Å²) < 4.78 is 6.47. The largest absolute Gasteiger partial charge is 0.396 e. The molecule has 1 radical (unpaired) electrons. The van der Waals surface area contributed by atoms with E-state index in [2.05, 4.69) is 0 Å². The maximum Gasteiger partial charge on any atom is 0.0431 e. The van der Waals surface area contributed by atoms with E-state index < -0.39 is 0 Å². The minimum Gasteiger partial charge on any atom is -0.396 e. The van der Waals surface area contributed by atoms with Crippen LogP contribution in [0, 0.1) is 6.90 Å². The van der Waals surface area contributed by atoms with Crippen molar-refractivity contribution >= 4 is 0 Å². The lowest BCUT2D eigenvalue weighted by atomic mass is 10.4. The van der Waals surface area contributed by atoms with Crippen molar-refractivity contribution in [2.75, 3.05) is 6.61 Å². The van der Waals surface area contributed by atoms with E-state index >= 15 is 0 Å². The van der Waals surface area contributed by atoms with Gasteiger partial charge < -0.3 is 5.11 Å². The van der Waals surface area contributed by atoms with Gasteiger partial charge in [0.2, 0.25) is 0 Å². The second-order valence-electron chi connectivity index (χ2n) is 0.866. The summed E-state index contributed by atoms with van der Waals surface area (Å²) in [6.07, 6.45) is 1.43. The Morgan fingerprint density at radius 1 is 2.00 bits per heavy atom. The van der Waals surface area contributed by atoms with Crippen molar-refractivity contribution in [3.05, 3.63) is 6.90 Å². The van der Waals surface area contributed by atoms with Gasteiger partial charge in [-0.2, -0.15) is 0 Å². The van der Waals surface area contributed by atoms with Crippen LogP contribution in [0.1, 0.15) is 14.2 Å². The Balaban J connectivity index is 2.34. The van der Waals surface area contributed by atoms with E-state index in [0.717, 1.165) is 6.42 Å². The van der Waals surface area contributed by atoms with E-state index in [1.54, 1.807) is 0 Å². The summed E-state index contributed by atoms with van der Waals surface area (Å²) in [5.74, 6) is 0. The van der Waals surface area contributed by atoms with Crippen molar-refractivity contribution in [2.45, 2.75) is 12.8 Å². The third-order valence-electron chi connectivity index (χ3n) is 0.362. The molecule has 0 aromatic rings. The van der Waals surface area contributed by atoms with Gasteiger partial charge in [-0.1, -0.05) is 13.3 Å². The summed E-state index contributed by atoms with van der Waals surface area (Å²) in [5.41, 5.74) is 0. The molecule has 0 aliphatic heterocycles. The number of hydrogen-bond acceptors (Lipinski definition) is 1. The molecular weight excluding hydrogens is 64.0 g/mol. The van der Waals surface area contributed by atoms with E-state index in [4.69, 9.17) is 6.48 Å². The van der Waals surface area contributed by atoms with Crippen LogP contribution >= 0.6 is 0 Å². The SMILES string of the molecule is [2H][CH]CCCO. The fourth-order valence-corrected chi connectivity index (χ4v) is 0.0913. The Hall–Kier alpha value is -0.0400. The van der Waals surface area contributed by atoms with Crippen LogP contribution in [0.2, 0.25) is 0 Å². The molecule has 1 N–H and O–H groups in total. The molecule has 0 saturated heterocycles. The second-order valence-corrected chi connectivity index (χ2v) is 0.866. The molecule has 0 saturated carbocycles. The van der Waals surface area contributed by atoms with Crippen LogP contribution in [0.4, 0.5) is 0 Å². The molecule has 0 spiro atoms. The summed E-state index contributed by atoms with van der Waals surface area (Å²) in [4.78, 5) is 0. The van der Waals surface area contributed by atoms with Gasteiger partial charge in [-0.05, 0) is 6.42 Å². The first-order valence-corrected chi connectivity index (χ1v) is 1.72. The fraction of sp³-hybridized carbons (Fsp3) is 0.750. The highest BCUT2D eigenvalue weighted by Gasteiger charge is 1.69. The fourth-order valence-electron chi connectivity index (χ4n) is 0.0913.